The van der Waals surface area contributed by atoms with Gasteiger partial charge in [0, 0.05) is 5.57 Å². The third-order valence-electron chi connectivity index (χ3n) is 1.60. The van der Waals surface area contributed by atoms with E-state index in [1.807, 2.05) is 0 Å². The first kappa shape index (κ1) is 7.12. The minimum atomic E-state index is -0.456. The quantitative estimate of drug-likeness (QED) is 0.481. The number of carbonyl (C=O) groups excluding carboxylic acids is 1. The topological polar surface area (TPSA) is 49.4 Å². The van der Waals surface area contributed by atoms with Crippen molar-refractivity contribution in [1.29, 1.82) is 0 Å². The molecule has 0 aromatic rings. The summed E-state index contributed by atoms with van der Waals surface area (Å²) < 4.78 is 4.41. The van der Waals surface area contributed by atoms with Gasteiger partial charge >= 0.3 is 5.97 Å². The molecule has 56 valence electrons. The maximum absolute atomic E-state index is 10.8. The van der Waals surface area contributed by atoms with Gasteiger partial charge in [-0.05, 0) is 19.3 Å². The summed E-state index contributed by atoms with van der Waals surface area (Å²) in [6.07, 6.45) is 1.89. The second-order valence-corrected chi connectivity index (χ2v) is 2.25. The van der Waals surface area contributed by atoms with E-state index in [1.54, 1.807) is 0 Å². The van der Waals surface area contributed by atoms with E-state index in [-0.39, 0.29) is 5.76 Å². The van der Waals surface area contributed by atoms with Gasteiger partial charge in [-0.25, -0.2) is 4.79 Å². The van der Waals surface area contributed by atoms with Gasteiger partial charge in [0.15, 0.2) is 0 Å². The van der Waals surface area contributed by atoms with E-state index in [1.165, 1.54) is 7.11 Å². The van der Waals surface area contributed by atoms with Gasteiger partial charge in [0.25, 0.3) is 0 Å². The Morgan fingerprint density at radius 1 is 1.60 bits per heavy atom. The highest BCUT2D eigenvalue weighted by molar-refractivity contribution is 5.89. The Morgan fingerprint density at radius 3 is 2.70 bits per heavy atom. The molecule has 0 amide bonds. The van der Waals surface area contributed by atoms with Crippen LogP contribution in [0.4, 0.5) is 0 Å². The van der Waals surface area contributed by atoms with Crippen molar-refractivity contribution in [2.24, 2.45) is 0 Å². The lowest BCUT2D eigenvalue weighted by atomic mass is 10.2. The van der Waals surface area contributed by atoms with E-state index in [9.17, 15) is 9.90 Å². The molecule has 0 aromatic heterocycles. The molecule has 0 unspecified atom stereocenters. The molecule has 0 spiro atoms. The SMILES string of the molecule is COC(=O)C1=C([O-])CCC1. The minimum Gasteiger partial charge on any atom is -0.875 e. The predicted octanol–water partition coefficient (Wildman–Crippen LogP) is -0.0423. The van der Waals surface area contributed by atoms with Gasteiger partial charge in [0.05, 0.1) is 7.11 Å². The second kappa shape index (κ2) is 2.73. The molecule has 0 saturated carbocycles. The molecule has 1 rings (SSSR count). The largest absolute Gasteiger partial charge is 0.875 e. The van der Waals surface area contributed by atoms with Crippen LogP contribution < -0.4 is 5.11 Å². The molecule has 10 heavy (non-hydrogen) atoms. The molecule has 3 nitrogen and oxygen atoms in total. The number of allylic oxidation sites excluding steroid dienone is 1. The zero-order valence-corrected chi connectivity index (χ0v) is 5.85. The lowest BCUT2D eigenvalue weighted by molar-refractivity contribution is -0.306. The summed E-state index contributed by atoms with van der Waals surface area (Å²) in [6.45, 7) is 0. The molecule has 0 heterocycles. The summed E-state index contributed by atoms with van der Waals surface area (Å²) in [4.78, 5) is 10.7. The van der Waals surface area contributed by atoms with E-state index in [0.29, 0.717) is 18.4 Å². The molecular formula is C7H9O3-. The van der Waals surface area contributed by atoms with Crippen molar-refractivity contribution in [3.63, 3.8) is 0 Å². The molecule has 1 aliphatic rings. The van der Waals surface area contributed by atoms with Gasteiger partial charge in [-0.1, -0.05) is 0 Å². The lowest BCUT2D eigenvalue weighted by Crippen LogP contribution is -2.10. The Balaban J connectivity index is 2.71. The number of methoxy groups -OCH3 is 1. The Hall–Kier alpha value is -0.990. The number of esters is 1. The molecule has 0 bridgehead atoms. The van der Waals surface area contributed by atoms with Gasteiger partial charge in [-0.3, -0.25) is 0 Å². The highest BCUT2D eigenvalue weighted by atomic mass is 16.5. The van der Waals surface area contributed by atoms with Gasteiger partial charge in [-0.15, -0.1) is 5.76 Å². The third-order valence-corrected chi connectivity index (χ3v) is 1.60. The number of hydrogen-bond acceptors (Lipinski definition) is 3. The van der Waals surface area contributed by atoms with E-state index in [2.05, 4.69) is 4.74 Å². The van der Waals surface area contributed by atoms with E-state index >= 15 is 0 Å². The molecule has 0 N–H and O–H groups in total. The fourth-order valence-corrected chi connectivity index (χ4v) is 1.06. The van der Waals surface area contributed by atoms with Crippen molar-refractivity contribution in [2.75, 3.05) is 7.11 Å². The zero-order chi connectivity index (χ0) is 7.56. The molecule has 3 heteroatoms. The molecule has 0 radical (unpaired) electrons. The lowest BCUT2D eigenvalue weighted by Gasteiger charge is -2.07. The first-order valence-corrected chi connectivity index (χ1v) is 3.23. The van der Waals surface area contributed by atoms with Crippen LogP contribution in [0.1, 0.15) is 19.3 Å². The molecule has 1 aliphatic carbocycles. The standard InChI is InChI=1S/C7H10O3/c1-10-7(9)5-3-2-4-6(5)8/h8H,2-4H2,1H3/p-1. The number of carbonyl (C=O) groups is 1. The summed E-state index contributed by atoms with van der Waals surface area (Å²) in [6, 6.07) is 0. The van der Waals surface area contributed by atoms with Crippen molar-refractivity contribution < 1.29 is 14.6 Å². The van der Waals surface area contributed by atoms with Crippen molar-refractivity contribution in [3.8, 4) is 0 Å². The van der Waals surface area contributed by atoms with E-state index in [0.717, 1.165) is 6.42 Å². The van der Waals surface area contributed by atoms with Crippen LogP contribution in [-0.2, 0) is 9.53 Å². The Kier molecular flexibility index (Phi) is 1.94. The van der Waals surface area contributed by atoms with Gasteiger partial charge in [0.2, 0.25) is 0 Å². The van der Waals surface area contributed by atoms with Gasteiger partial charge in [-0.2, -0.15) is 0 Å². The first-order valence-electron chi connectivity index (χ1n) is 3.23. The van der Waals surface area contributed by atoms with Crippen molar-refractivity contribution in [3.05, 3.63) is 11.3 Å². The summed E-state index contributed by atoms with van der Waals surface area (Å²) in [5.74, 6) is -0.505. The summed E-state index contributed by atoms with van der Waals surface area (Å²) >= 11 is 0. The number of rotatable bonds is 1. The summed E-state index contributed by atoms with van der Waals surface area (Å²) in [5, 5.41) is 10.8. The van der Waals surface area contributed by atoms with Crippen LogP contribution in [0.3, 0.4) is 0 Å². The third kappa shape index (κ3) is 1.12. The fourth-order valence-electron chi connectivity index (χ4n) is 1.06. The average molecular weight is 141 g/mol. The highest BCUT2D eigenvalue weighted by Gasteiger charge is 2.14. The predicted molar refractivity (Wildman–Crippen MR) is 32.9 cm³/mol. The van der Waals surface area contributed by atoms with Gasteiger partial charge < -0.3 is 9.84 Å². The maximum atomic E-state index is 10.8. The van der Waals surface area contributed by atoms with E-state index in [4.69, 9.17) is 0 Å². The van der Waals surface area contributed by atoms with Crippen molar-refractivity contribution in [2.45, 2.75) is 19.3 Å². The van der Waals surface area contributed by atoms with Crippen molar-refractivity contribution >= 4 is 5.97 Å². The van der Waals surface area contributed by atoms with Crippen LogP contribution in [0.2, 0.25) is 0 Å². The Morgan fingerprint density at radius 2 is 2.30 bits per heavy atom. The molecule has 0 aliphatic heterocycles. The number of ether oxygens (including phenoxy) is 1. The van der Waals surface area contributed by atoms with Crippen LogP contribution in [0.15, 0.2) is 11.3 Å². The van der Waals surface area contributed by atoms with Crippen LogP contribution >= 0.6 is 0 Å². The molecule has 0 atom stereocenters. The summed E-state index contributed by atoms with van der Waals surface area (Å²) in [5.41, 5.74) is 0.336. The summed E-state index contributed by atoms with van der Waals surface area (Å²) in [7, 11) is 1.29. The van der Waals surface area contributed by atoms with Crippen molar-refractivity contribution in [1.82, 2.24) is 0 Å². The average Bonchev–Trinajstić information content (AvgIpc) is 2.34. The Labute approximate surface area is 59.3 Å². The number of hydrogen-bond donors (Lipinski definition) is 0. The smallest absolute Gasteiger partial charge is 0.332 e. The zero-order valence-electron chi connectivity index (χ0n) is 5.85. The fraction of sp³-hybridized carbons (Fsp3) is 0.571. The van der Waals surface area contributed by atoms with Crippen LogP contribution in [-0.4, -0.2) is 13.1 Å². The molecular weight excluding hydrogens is 132 g/mol. The monoisotopic (exact) mass is 141 g/mol. The second-order valence-electron chi connectivity index (χ2n) is 2.25. The first-order chi connectivity index (χ1) is 4.75. The minimum absolute atomic E-state index is 0.0492. The molecule has 0 fully saturated rings. The maximum Gasteiger partial charge on any atom is 0.332 e. The van der Waals surface area contributed by atoms with Crippen LogP contribution in [0, 0.1) is 0 Å². The van der Waals surface area contributed by atoms with Gasteiger partial charge in [0.1, 0.15) is 0 Å². The van der Waals surface area contributed by atoms with E-state index < -0.39 is 5.97 Å². The normalized spacial score (nSPS) is 17.7. The van der Waals surface area contributed by atoms with Crippen LogP contribution in [0.5, 0.6) is 0 Å². The van der Waals surface area contributed by atoms with Crippen LogP contribution in [0.25, 0.3) is 0 Å². The molecule has 0 aromatic carbocycles. The Bertz CT molecular complexity index is 181. The highest BCUT2D eigenvalue weighted by Crippen LogP contribution is 2.22. The molecule has 0 saturated heterocycles.